The number of rotatable bonds is 8. The molecule has 2 aromatic rings. The number of carbonyl (C=O) groups excluding carboxylic acids is 2. The van der Waals surface area contributed by atoms with Crippen LogP contribution in [0.1, 0.15) is 64.6 Å². The van der Waals surface area contributed by atoms with Gasteiger partial charge in [0.2, 0.25) is 5.52 Å². The summed E-state index contributed by atoms with van der Waals surface area (Å²) in [4.78, 5) is 25.7. The molecule has 0 fully saturated rings. The molecule has 1 unspecified atom stereocenters. The molecule has 0 aliphatic carbocycles. The molecule has 2 rings (SSSR count). The van der Waals surface area contributed by atoms with Crippen molar-refractivity contribution in [2.75, 3.05) is 20.4 Å². The molecule has 5 nitrogen and oxygen atoms in total. The fourth-order valence-electron chi connectivity index (χ4n) is 3.52. The molecule has 1 atom stereocenters. The lowest BCUT2D eigenvalue weighted by Gasteiger charge is -2.22. The summed E-state index contributed by atoms with van der Waals surface area (Å²) in [6.45, 7) is 10.2. The number of hydrogen-bond donors (Lipinski definition) is 0. The second kappa shape index (κ2) is 9.61. The maximum absolute atomic E-state index is 12.9. The Kier molecular flexibility index (Phi) is 7.65. The van der Waals surface area contributed by atoms with E-state index in [1.807, 2.05) is 26.0 Å². The number of hydrogen-bond acceptors (Lipinski definition) is 5. The van der Waals surface area contributed by atoms with Crippen LogP contribution in [0.4, 0.5) is 0 Å². The minimum Gasteiger partial charge on any atom is -0.496 e. The summed E-state index contributed by atoms with van der Waals surface area (Å²) < 4.78 is 23.2. The molecule has 0 radical (unpaired) electrons. The molecular weight excluding hydrogens is 399 g/mol. The highest BCUT2D eigenvalue weighted by Crippen LogP contribution is 2.38. The average molecular weight is 430 g/mol. The summed E-state index contributed by atoms with van der Waals surface area (Å²) in [6, 6.07) is 9.02. The fraction of sp³-hybridized carbons (Fsp3) is 0.417. The molecule has 0 heterocycles. The van der Waals surface area contributed by atoms with Gasteiger partial charge in [-0.25, -0.2) is 0 Å². The largest absolute Gasteiger partial charge is 0.496 e. The monoisotopic (exact) mass is 430 g/mol. The van der Waals surface area contributed by atoms with Crippen LogP contribution in [0, 0.1) is 13.8 Å². The zero-order chi connectivity index (χ0) is 22.6. The Morgan fingerprint density at radius 3 is 1.87 bits per heavy atom. The van der Waals surface area contributed by atoms with Crippen LogP contribution in [0.25, 0.3) is 0 Å². The third-order valence-electron chi connectivity index (χ3n) is 5.16. The average Bonchev–Trinajstić information content (AvgIpc) is 2.69. The number of ketones is 1. The number of ether oxygens (including phenoxy) is 2. The van der Waals surface area contributed by atoms with Crippen LogP contribution in [-0.4, -0.2) is 31.7 Å². The minimum atomic E-state index is -2.71. The maximum Gasteiger partial charge on any atom is 0.225 e. The van der Waals surface area contributed by atoms with Gasteiger partial charge in [-0.1, -0.05) is 39.0 Å². The molecule has 2 aromatic carbocycles. The Morgan fingerprint density at radius 1 is 0.933 bits per heavy atom. The highest BCUT2D eigenvalue weighted by molar-refractivity contribution is 7.64. The van der Waals surface area contributed by atoms with Gasteiger partial charge >= 0.3 is 0 Å². The van der Waals surface area contributed by atoms with Crippen LogP contribution >= 0.6 is 7.80 Å². The predicted octanol–water partition coefficient (Wildman–Crippen LogP) is 5.59. The van der Waals surface area contributed by atoms with Gasteiger partial charge in [0, 0.05) is 18.1 Å². The maximum atomic E-state index is 12.9. The summed E-state index contributed by atoms with van der Waals surface area (Å²) >= 11 is 0. The van der Waals surface area contributed by atoms with Crippen molar-refractivity contribution >= 4 is 19.1 Å². The SMILES string of the molecule is COc1cccc(OC)c1C(=O)[PH](=O)CCC(=O)c1c(C)cc(C(C)(C)C)cc1C. The van der Waals surface area contributed by atoms with Crippen LogP contribution in [0.2, 0.25) is 0 Å². The van der Waals surface area contributed by atoms with Gasteiger partial charge in [0.1, 0.15) is 24.9 Å². The van der Waals surface area contributed by atoms with Crippen molar-refractivity contribution in [1.29, 1.82) is 0 Å². The lowest BCUT2D eigenvalue weighted by Crippen LogP contribution is -2.14. The van der Waals surface area contributed by atoms with Gasteiger partial charge in [-0.2, -0.15) is 0 Å². The van der Waals surface area contributed by atoms with E-state index in [9.17, 15) is 14.2 Å². The zero-order valence-corrected chi connectivity index (χ0v) is 19.8. The number of methoxy groups -OCH3 is 2. The van der Waals surface area contributed by atoms with E-state index in [1.165, 1.54) is 19.8 Å². The first-order chi connectivity index (χ1) is 14.0. The van der Waals surface area contributed by atoms with Crippen LogP contribution in [0.15, 0.2) is 30.3 Å². The Balaban J connectivity index is 2.20. The van der Waals surface area contributed by atoms with Crippen molar-refractivity contribution in [3.05, 3.63) is 58.1 Å². The highest BCUT2D eigenvalue weighted by atomic mass is 31.1. The van der Waals surface area contributed by atoms with Crippen LogP contribution < -0.4 is 9.47 Å². The second-order valence-electron chi connectivity index (χ2n) is 8.45. The van der Waals surface area contributed by atoms with E-state index in [-0.39, 0.29) is 29.3 Å². The van der Waals surface area contributed by atoms with E-state index in [4.69, 9.17) is 9.47 Å². The van der Waals surface area contributed by atoms with Crippen molar-refractivity contribution in [2.45, 2.75) is 46.5 Å². The topological polar surface area (TPSA) is 69.7 Å². The van der Waals surface area contributed by atoms with E-state index in [0.29, 0.717) is 17.1 Å². The lowest BCUT2D eigenvalue weighted by atomic mass is 9.83. The van der Waals surface area contributed by atoms with E-state index < -0.39 is 13.3 Å². The van der Waals surface area contributed by atoms with Crippen molar-refractivity contribution in [3.63, 3.8) is 0 Å². The standard InChI is InChI=1S/C24H31O5P/c1-15-13-17(24(3,4)5)14-16(2)21(15)18(25)11-12-30(27)23(26)22-19(28-6)9-8-10-20(22)29-7/h8-10,13-14,30H,11-12H2,1-7H3. The third-order valence-corrected chi connectivity index (χ3v) is 6.63. The number of carbonyl (C=O) groups is 2. The molecule has 0 bridgehead atoms. The van der Waals surface area contributed by atoms with Gasteiger partial charge in [0.25, 0.3) is 0 Å². The predicted molar refractivity (Wildman–Crippen MR) is 121 cm³/mol. The van der Waals surface area contributed by atoms with E-state index in [1.54, 1.807) is 18.2 Å². The molecule has 162 valence electrons. The first kappa shape index (κ1) is 23.9. The number of aryl methyl sites for hydroxylation is 2. The van der Waals surface area contributed by atoms with Gasteiger partial charge < -0.3 is 14.0 Å². The van der Waals surface area contributed by atoms with Crippen LogP contribution in [-0.2, 0) is 9.98 Å². The van der Waals surface area contributed by atoms with Gasteiger partial charge in [-0.05, 0) is 48.1 Å². The summed E-state index contributed by atoms with van der Waals surface area (Å²) in [5.41, 5.74) is 3.26. The first-order valence-electron chi connectivity index (χ1n) is 9.94. The molecule has 0 aromatic heterocycles. The van der Waals surface area contributed by atoms with Crippen molar-refractivity contribution in [3.8, 4) is 11.5 Å². The fourth-order valence-corrected chi connectivity index (χ4v) is 4.72. The van der Waals surface area contributed by atoms with Crippen molar-refractivity contribution in [2.24, 2.45) is 0 Å². The molecule has 0 aliphatic heterocycles. The summed E-state index contributed by atoms with van der Waals surface area (Å²) in [5.74, 6) is 0.533. The molecule has 0 spiro atoms. The van der Waals surface area contributed by atoms with Gasteiger partial charge in [-0.3, -0.25) is 9.59 Å². The second-order valence-corrected chi connectivity index (χ2v) is 10.2. The minimum absolute atomic E-state index is 0.0114. The Bertz CT molecular complexity index is 940. The molecule has 0 saturated carbocycles. The molecule has 30 heavy (non-hydrogen) atoms. The Morgan fingerprint density at radius 2 is 1.43 bits per heavy atom. The van der Waals surface area contributed by atoms with Gasteiger partial charge in [-0.15, -0.1) is 0 Å². The quantitative estimate of drug-likeness (QED) is 0.403. The summed E-state index contributed by atoms with van der Waals surface area (Å²) in [7, 11) is 0.175. The first-order valence-corrected chi connectivity index (χ1v) is 11.6. The van der Waals surface area contributed by atoms with Gasteiger partial charge in [0.15, 0.2) is 5.78 Å². The summed E-state index contributed by atoms with van der Waals surface area (Å²) in [5, 5.41) is 0. The van der Waals surface area contributed by atoms with E-state index >= 15 is 0 Å². The van der Waals surface area contributed by atoms with E-state index in [0.717, 1.165) is 11.1 Å². The van der Waals surface area contributed by atoms with Crippen molar-refractivity contribution < 1.29 is 23.6 Å². The number of Topliss-reactive ketones (excluding diaryl/α,β-unsaturated/α-hetero) is 1. The molecule has 6 heteroatoms. The molecule has 0 N–H and O–H groups in total. The van der Waals surface area contributed by atoms with Gasteiger partial charge in [0.05, 0.1) is 14.2 Å². The van der Waals surface area contributed by atoms with Crippen LogP contribution in [0.5, 0.6) is 11.5 Å². The normalized spacial score (nSPS) is 12.4. The van der Waals surface area contributed by atoms with E-state index in [2.05, 4.69) is 20.8 Å². The van der Waals surface area contributed by atoms with Crippen LogP contribution in [0.3, 0.4) is 0 Å². The zero-order valence-electron chi connectivity index (χ0n) is 18.8. The smallest absolute Gasteiger partial charge is 0.225 e. The summed E-state index contributed by atoms with van der Waals surface area (Å²) in [6.07, 6.45) is 0.0704. The third kappa shape index (κ3) is 5.20. The van der Waals surface area contributed by atoms with Crippen molar-refractivity contribution in [1.82, 2.24) is 0 Å². The Hall–Kier alpha value is -2.39. The highest BCUT2D eigenvalue weighted by Gasteiger charge is 2.25. The molecule has 0 aliphatic rings. The lowest BCUT2D eigenvalue weighted by molar-refractivity contribution is 0.0988. The molecular formula is C24H31O5P. The Labute approximate surface area is 179 Å². The molecule has 0 amide bonds. The number of benzene rings is 2. The molecule has 0 saturated heterocycles.